The van der Waals surface area contributed by atoms with Crippen molar-refractivity contribution in [1.82, 2.24) is 30.0 Å². The normalized spacial score (nSPS) is 14.3. The highest BCUT2D eigenvalue weighted by atomic mass is 16.5. The minimum atomic E-state index is -0.161. The van der Waals surface area contributed by atoms with Crippen LogP contribution >= 0.6 is 0 Å². The fraction of sp³-hybridized carbons (Fsp3) is 0.211. The van der Waals surface area contributed by atoms with Crippen LogP contribution in [0, 0.1) is 0 Å². The Balaban J connectivity index is 1.22. The van der Waals surface area contributed by atoms with E-state index in [9.17, 15) is 4.79 Å². The molecule has 1 aliphatic rings. The number of piperazine rings is 1. The summed E-state index contributed by atoms with van der Waals surface area (Å²) in [5.74, 6) is 2.25. The van der Waals surface area contributed by atoms with Crippen molar-refractivity contribution >= 4 is 11.7 Å². The maximum Gasteiger partial charge on any atom is 0.276 e. The van der Waals surface area contributed by atoms with Gasteiger partial charge in [-0.15, -0.1) is 10.2 Å². The van der Waals surface area contributed by atoms with E-state index < -0.39 is 0 Å². The number of amides is 1. The van der Waals surface area contributed by atoms with Gasteiger partial charge in [-0.25, -0.2) is 4.68 Å². The number of aromatic nitrogens is 5. The minimum Gasteiger partial charge on any atom is -0.461 e. The number of furan rings is 1. The maximum atomic E-state index is 12.7. The van der Waals surface area contributed by atoms with E-state index in [2.05, 4.69) is 25.4 Å². The predicted molar refractivity (Wildman–Crippen MR) is 101 cm³/mol. The van der Waals surface area contributed by atoms with Crippen molar-refractivity contribution in [3.63, 3.8) is 0 Å². The van der Waals surface area contributed by atoms with Gasteiger partial charge < -0.3 is 18.7 Å². The molecule has 146 valence electrons. The third-order valence-corrected chi connectivity index (χ3v) is 4.76. The van der Waals surface area contributed by atoms with Gasteiger partial charge in [0.1, 0.15) is 0 Å². The van der Waals surface area contributed by atoms with Crippen LogP contribution in [0.5, 0.6) is 0 Å². The molecule has 0 bridgehead atoms. The van der Waals surface area contributed by atoms with E-state index in [1.165, 1.54) is 0 Å². The third-order valence-electron chi connectivity index (χ3n) is 4.76. The lowest BCUT2D eigenvalue weighted by Gasteiger charge is -2.34. The first-order valence-corrected chi connectivity index (χ1v) is 9.16. The largest absolute Gasteiger partial charge is 0.461 e. The van der Waals surface area contributed by atoms with Gasteiger partial charge in [0, 0.05) is 44.6 Å². The van der Waals surface area contributed by atoms with Crippen LogP contribution in [0.1, 0.15) is 10.5 Å². The van der Waals surface area contributed by atoms with Crippen molar-refractivity contribution in [3.8, 4) is 17.3 Å². The van der Waals surface area contributed by atoms with E-state index in [1.807, 2.05) is 24.4 Å². The zero-order valence-corrected chi connectivity index (χ0v) is 15.4. The van der Waals surface area contributed by atoms with Crippen molar-refractivity contribution in [1.29, 1.82) is 0 Å². The summed E-state index contributed by atoms with van der Waals surface area (Å²) in [4.78, 5) is 16.6. The van der Waals surface area contributed by atoms with E-state index in [1.54, 1.807) is 40.2 Å². The quantitative estimate of drug-likeness (QED) is 0.519. The average Bonchev–Trinajstić information content (AvgIpc) is 3.55. The molecule has 1 aliphatic heterocycles. The Morgan fingerprint density at radius 3 is 2.48 bits per heavy atom. The number of nitrogens with zero attached hydrogens (tertiary/aromatic N) is 7. The minimum absolute atomic E-state index is 0.161. The number of hydrogen-bond donors (Lipinski definition) is 0. The molecule has 0 unspecified atom stereocenters. The SMILES string of the molecule is O=C(c1cc(-c2ccco2)on1)N1CCN(c2ccc(-n3cccn3)nn2)CC1. The van der Waals surface area contributed by atoms with Crippen LogP contribution in [0.3, 0.4) is 0 Å². The van der Waals surface area contributed by atoms with Gasteiger partial charge in [0.2, 0.25) is 5.76 Å². The molecular weight excluding hydrogens is 374 g/mol. The highest BCUT2D eigenvalue weighted by molar-refractivity contribution is 5.93. The van der Waals surface area contributed by atoms with Crippen molar-refractivity contribution in [2.75, 3.05) is 31.1 Å². The van der Waals surface area contributed by atoms with Gasteiger partial charge in [-0.3, -0.25) is 4.79 Å². The summed E-state index contributed by atoms with van der Waals surface area (Å²) in [5, 5.41) is 16.5. The Labute approximate surface area is 165 Å². The highest BCUT2D eigenvalue weighted by Crippen LogP contribution is 2.22. The van der Waals surface area contributed by atoms with Gasteiger partial charge in [0.15, 0.2) is 23.1 Å². The molecule has 1 saturated heterocycles. The lowest BCUT2D eigenvalue weighted by Crippen LogP contribution is -2.49. The van der Waals surface area contributed by atoms with E-state index in [-0.39, 0.29) is 11.6 Å². The smallest absolute Gasteiger partial charge is 0.276 e. The lowest BCUT2D eigenvalue weighted by atomic mass is 10.2. The summed E-state index contributed by atoms with van der Waals surface area (Å²) in [6.45, 7) is 2.43. The molecule has 0 atom stereocenters. The van der Waals surface area contributed by atoms with Gasteiger partial charge in [0.05, 0.1) is 6.26 Å². The lowest BCUT2D eigenvalue weighted by molar-refractivity contribution is 0.0736. The van der Waals surface area contributed by atoms with Crippen molar-refractivity contribution in [3.05, 3.63) is 60.7 Å². The summed E-state index contributed by atoms with van der Waals surface area (Å²) in [6.07, 6.45) is 5.05. The molecule has 0 N–H and O–H groups in total. The second-order valence-corrected chi connectivity index (χ2v) is 6.53. The summed E-state index contributed by atoms with van der Waals surface area (Å²) in [5.41, 5.74) is 0.271. The van der Waals surface area contributed by atoms with Gasteiger partial charge >= 0.3 is 0 Å². The van der Waals surface area contributed by atoms with Gasteiger partial charge in [-0.1, -0.05) is 5.16 Å². The first-order valence-electron chi connectivity index (χ1n) is 9.16. The monoisotopic (exact) mass is 391 g/mol. The molecule has 0 radical (unpaired) electrons. The summed E-state index contributed by atoms with van der Waals surface area (Å²) in [6, 6.07) is 10.7. The van der Waals surface area contributed by atoms with Crippen LogP contribution in [0.4, 0.5) is 5.82 Å². The first-order chi connectivity index (χ1) is 14.3. The molecular formula is C19H17N7O3. The summed E-state index contributed by atoms with van der Waals surface area (Å²) >= 11 is 0. The fourth-order valence-corrected chi connectivity index (χ4v) is 3.22. The van der Waals surface area contributed by atoms with Crippen LogP contribution in [0.2, 0.25) is 0 Å². The van der Waals surface area contributed by atoms with Gasteiger partial charge in [0.25, 0.3) is 5.91 Å². The predicted octanol–water partition coefficient (Wildman–Crippen LogP) is 1.87. The Morgan fingerprint density at radius 2 is 1.79 bits per heavy atom. The maximum absolute atomic E-state index is 12.7. The molecule has 0 aromatic carbocycles. The second kappa shape index (κ2) is 7.23. The summed E-state index contributed by atoms with van der Waals surface area (Å²) in [7, 11) is 0. The topological polar surface area (TPSA) is 106 Å². The molecule has 0 aliphatic carbocycles. The molecule has 1 amide bonds. The molecule has 10 heteroatoms. The molecule has 4 aromatic heterocycles. The Bertz CT molecular complexity index is 1080. The third kappa shape index (κ3) is 3.35. The van der Waals surface area contributed by atoms with Crippen LogP contribution in [-0.2, 0) is 0 Å². The zero-order valence-electron chi connectivity index (χ0n) is 15.4. The van der Waals surface area contributed by atoms with Crippen LogP contribution in [-0.4, -0.2) is 62.1 Å². The Hall–Kier alpha value is -3.95. The van der Waals surface area contributed by atoms with Crippen molar-refractivity contribution in [2.45, 2.75) is 0 Å². The molecule has 1 fully saturated rings. The number of hydrogen-bond acceptors (Lipinski definition) is 8. The zero-order chi connectivity index (χ0) is 19.6. The molecule has 10 nitrogen and oxygen atoms in total. The van der Waals surface area contributed by atoms with Gasteiger partial charge in [-0.05, 0) is 30.3 Å². The molecule has 4 aromatic rings. The first kappa shape index (κ1) is 17.2. The molecule has 29 heavy (non-hydrogen) atoms. The number of carbonyl (C=O) groups excluding carboxylic acids is 1. The van der Waals surface area contributed by atoms with E-state index >= 15 is 0 Å². The average molecular weight is 391 g/mol. The van der Waals surface area contributed by atoms with Crippen LogP contribution in [0.25, 0.3) is 17.3 Å². The number of carbonyl (C=O) groups is 1. The van der Waals surface area contributed by atoms with Crippen molar-refractivity contribution in [2.24, 2.45) is 0 Å². The molecule has 5 rings (SSSR count). The van der Waals surface area contributed by atoms with E-state index in [0.717, 1.165) is 5.82 Å². The fourth-order valence-electron chi connectivity index (χ4n) is 3.22. The number of rotatable bonds is 4. The molecule has 5 heterocycles. The molecule has 0 spiro atoms. The number of anilines is 1. The standard InChI is InChI=1S/C19H17N7O3/c27-19(14-13-16(29-23-14)15-3-1-12-28-15)25-10-8-24(9-11-25)17-4-5-18(22-21-17)26-7-2-6-20-26/h1-7,12-13H,8-11H2. The van der Waals surface area contributed by atoms with Crippen molar-refractivity contribution < 1.29 is 13.7 Å². The molecule has 0 saturated carbocycles. The van der Waals surface area contributed by atoms with Crippen LogP contribution < -0.4 is 4.90 Å². The Kier molecular flexibility index (Phi) is 4.28. The Morgan fingerprint density at radius 1 is 0.966 bits per heavy atom. The van der Waals surface area contributed by atoms with Gasteiger partial charge in [-0.2, -0.15) is 5.10 Å². The van der Waals surface area contributed by atoms with E-state index in [0.29, 0.717) is 43.5 Å². The second-order valence-electron chi connectivity index (χ2n) is 6.53. The van der Waals surface area contributed by atoms with Crippen LogP contribution in [0.15, 0.2) is 64.0 Å². The highest BCUT2D eigenvalue weighted by Gasteiger charge is 2.26. The summed E-state index contributed by atoms with van der Waals surface area (Å²) < 4.78 is 12.2. The van der Waals surface area contributed by atoms with E-state index in [4.69, 9.17) is 8.94 Å².